The molecule has 0 saturated heterocycles. The average Bonchev–Trinajstić information content (AvgIpc) is 2.77. The van der Waals surface area contributed by atoms with Crippen LogP contribution in [0.4, 0.5) is 5.69 Å². The number of methoxy groups -OCH3 is 1. The highest BCUT2D eigenvalue weighted by Gasteiger charge is 2.17. The molecule has 0 amide bonds. The molecule has 0 aromatic heterocycles. The second-order valence-corrected chi connectivity index (χ2v) is 5.70. The summed E-state index contributed by atoms with van der Waals surface area (Å²) in [6, 6.07) is 6.34. The number of halogens is 1. The largest absolute Gasteiger partial charge is 0.495 e. The third-order valence-corrected chi connectivity index (χ3v) is 4.11. The Balaban J connectivity index is 2.15. The smallest absolute Gasteiger partial charge is 0.161 e. The number of anilines is 1. The van der Waals surface area contributed by atoms with Gasteiger partial charge in [0.2, 0.25) is 0 Å². The van der Waals surface area contributed by atoms with Crippen LogP contribution in [0.1, 0.15) is 13.3 Å². The van der Waals surface area contributed by atoms with Crippen LogP contribution in [0.3, 0.4) is 0 Å². The molecule has 0 saturated carbocycles. The maximum Gasteiger partial charge on any atom is 0.161 e. The summed E-state index contributed by atoms with van der Waals surface area (Å²) in [5, 5.41) is 4.30. The lowest BCUT2D eigenvalue weighted by molar-refractivity contribution is 0.417. The van der Waals surface area contributed by atoms with Crippen LogP contribution in [0.5, 0.6) is 5.75 Å². The molecule has 0 spiro atoms. The van der Waals surface area contributed by atoms with Crippen molar-refractivity contribution in [1.29, 1.82) is 0 Å². The van der Waals surface area contributed by atoms with Crippen LogP contribution in [-0.4, -0.2) is 24.1 Å². The number of benzene rings is 1. The van der Waals surface area contributed by atoms with Crippen molar-refractivity contribution in [1.82, 2.24) is 0 Å². The molecule has 92 valence electrons. The summed E-state index contributed by atoms with van der Waals surface area (Å²) in [5.41, 5.74) is 0.949. The molecule has 1 aromatic carbocycles. The van der Waals surface area contributed by atoms with Gasteiger partial charge in [-0.05, 0) is 24.6 Å². The van der Waals surface area contributed by atoms with Crippen LogP contribution in [0.2, 0.25) is 0 Å². The topological polar surface area (TPSA) is 33.6 Å². The van der Waals surface area contributed by atoms with E-state index in [1.54, 1.807) is 18.9 Å². The molecule has 1 unspecified atom stereocenters. The quantitative estimate of drug-likeness (QED) is 0.922. The van der Waals surface area contributed by atoms with Gasteiger partial charge >= 0.3 is 0 Å². The van der Waals surface area contributed by atoms with E-state index in [0.29, 0.717) is 6.04 Å². The number of nitrogens with zero attached hydrogens (tertiary/aromatic N) is 1. The SMILES string of the molecule is CCC1CSC(Nc2cc(Br)ccc2OC)=N1. The Morgan fingerprint density at radius 2 is 2.41 bits per heavy atom. The number of nitrogens with one attached hydrogen (secondary N) is 1. The molecule has 0 bridgehead atoms. The maximum atomic E-state index is 5.32. The highest BCUT2D eigenvalue weighted by atomic mass is 79.9. The Morgan fingerprint density at radius 1 is 1.59 bits per heavy atom. The number of amidine groups is 1. The second kappa shape index (κ2) is 5.78. The summed E-state index contributed by atoms with van der Waals surface area (Å²) in [5.74, 6) is 1.89. The van der Waals surface area contributed by atoms with E-state index in [9.17, 15) is 0 Å². The van der Waals surface area contributed by atoms with E-state index in [-0.39, 0.29) is 0 Å². The van der Waals surface area contributed by atoms with Crippen LogP contribution >= 0.6 is 27.7 Å². The van der Waals surface area contributed by atoms with Crippen molar-refractivity contribution < 1.29 is 4.74 Å². The number of aliphatic imine (C=N–C) groups is 1. The van der Waals surface area contributed by atoms with Crippen molar-refractivity contribution in [2.45, 2.75) is 19.4 Å². The van der Waals surface area contributed by atoms with Crippen molar-refractivity contribution in [2.75, 3.05) is 18.2 Å². The van der Waals surface area contributed by atoms with Gasteiger partial charge < -0.3 is 10.1 Å². The molecule has 3 nitrogen and oxygen atoms in total. The molecule has 2 rings (SSSR count). The third kappa shape index (κ3) is 3.16. The van der Waals surface area contributed by atoms with E-state index in [0.717, 1.165) is 33.3 Å². The first kappa shape index (κ1) is 12.8. The zero-order valence-electron chi connectivity index (χ0n) is 9.87. The van der Waals surface area contributed by atoms with Crippen LogP contribution in [0.15, 0.2) is 27.7 Å². The summed E-state index contributed by atoms with van der Waals surface area (Å²) < 4.78 is 6.34. The molecule has 1 atom stereocenters. The van der Waals surface area contributed by atoms with Gasteiger partial charge in [0.15, 0.2) is 5.17 Å². The van der Waals surface area contributed by atoms with Crippen LogP contribution in [0.25, 0.3) is 0 Å². The fourth-order valence-electron chi connectivity index (χ4n) is 1.59. The predicted molar refractivity (Wildman–Crippen MR) is 78.3 cm³/mol. The molecular weight excluding hydrogens is 300 g/mol. The van der Waals surface area contributed by atoms with Crippen molar-refractivity contribution in [3.63, 3.8) is 0 Å². The number of thioether (sulfide) groups is 1. The third-order valence-electron chi connectivity index (χ3n) is 2.59. The first-order chi connectivity index (χ1) is 8.22. The molecule has 1 aliphatic heterocycles. The summed E-state index contributed by atoms with van der Waals surface area (Å²) >= 11 is 5.22. The minimum Gasteiger partial charge on any atom is -0.495 e. The first-order valence-corrected chi connectivity index (χ1v) is 7.32. The van der Waals surface area contributed by atoms with Crippen LogP contribution in [0, 0.1) is 0 Å². The number of rotatable bonds is 3. The molecule has 1 aliphatic rings. The average molecular weight is 315 g/mol. The number of ether oxygens (including phenoxy) is 1. The molecule has 0 radical (unpaired) electrons. The first-order valence-electron chi connectivity index (χ1n) is 5.54. The highest BCUT2D eigenvalue weighted by molar-refractivity contribution is 9.10. The monoisotopic (exact) mass is 314 g/mol. The zero-order chi connectivity index (χ0) is 12.3. The van der Waals surface area contributed by atoms with E-state index in [1.807, 2.05) is 18.2 Å². The Hall–Kier alpha value is -0.680. The fraction of sp³-hybridized carbons (Fsp3) is 0.417. The normalized spacial score (nSPS) is 19.0. The van der Waals surface area contributed by atoms with E-state index in [1.165, 1.54) is 0 Å². The lowest BCUT2D eigenvalue weighted by atomic mass is 10.3. The molecule has 1 aromatic rings. The minimum atomic E-state index is 0.445. The van der Waals surface area contributed by atoms with Gasteiger partial charge in [0.05, 0.1) is 18.8 Å². The molecule has 17 heavy (non-hydrogen) atoms. The summed E-state index contributed by atoms with van der Waals surface area (Å²) in [4.78, 5) is 4.60. The van der Waals surface area contributed by atoms with Gasteiger partial charge in [-0.2, -0.15) is 0 Å². The molecular formula is C12H15BrN2OS. The highest BCUT2D eigenvalue weighted by Crippen LogP contribution is 2.30. The molecule has 5 heteroatoms. The standard InChI is InChI=1S/C12H15BrN2OS/c1-3-9-7-17-12(14-9)15-10-6-8(13)4-5-11(10)16-2/h4-6,9H,3,7H2,1-2H3,(H,14,15). The lowest BCUT2D eigenvalue weighted by Crippen LogP contribution is -2.06. The van der Waals surface area contributed by atoms with Gasteiger partial charge in [-0.15, -0.1) is 0 Å². The number of hydrogen-bond donors (Lipinski definition) is 1. The van der Waals surface area contributed by atoms with Crippen LogP contribution in [-0.2, 0) is 0 Å². The van der Waals surface area contributed by atoms with Crippen molar-refractivity contribution in [3.8, 4) is 5.75 Å². The Kier molecular flexibility index (Phi) is 4.34. The predicted octanol–water partition coefficient (Wildman–Crippen LogP) is 3.75. The van der Waals surface area contributed by atoms with E-state index in [2.05, 4.69) is 33.2 Å². The van der Waals surface area contributed by atoms with E-state index in [4.69, 9.17) is 4.74 Å². The zero-order valence-corrected chi connectivity index (χ0v) is 12.3. The molecule has 1 heterocycles. The van der Waals surface area contributed by atoms with E-state index < -0.39 is 0 Å². The summed E-state index contributed by atoms with van der Waals surface area (Å²) in [7, 11) is 1.67. The fourth-order valence-corrected chi connectivity index (χ4v) is 3.01. The van der Waals surface area contributed by atoms with Gasteiger partial charge in [0.25, 0.3) is 0 Å². The summed E-state index contributed by atoms with van der Waals surface area (Å²) in [6.07, 6.45) is 1.09. The summed E-state index contributed by atoms with van der Waals surface area (Å²) in [6.45, 7) is 2.16. The maximum absolute atomic E-state index is 5.32. The van der Waals surface area contributed by atoms with Gasteiger partial charge in [-0.3, -0.25) is 4.99 Å². The molecule has 0 aliphatic carbocycles. The minimum absolute atomic E-state index is 0.445. The van der Waals surface area contributed by atoms with Crippen molar-refractivity contribution in [2.24, 2.45) is 4.99 Å². The van der Waals surface area contributed by atoms with Gasteiger partial charge in [-0.25, -0.2) is 0 Å². The Bertz CT molecular complexity index is 437. The Labute approximate surface area is 114 Å². The van der Waals surface area contributed by atoms with Crippen molar-refractivity contribution in [3.05, 3.63) is 22.7 Å². The number of hydrogen-bond acceptors (Lipinski definition) is 4. The van der Waals surface area contributed by atoms with Gasteiger partial charge in [0, 0.05) is 10.2 Å². The van der Waals surface area contributed by atoms with E-state index >= 15 is 0 Å². The lowest BCUT2D eigenvalue weighted by Gasteiger charge is -2.10. The van der Waals surface area contributed by atoms with Crippen molar-refractivity contribution >= 4 is 38.5 Å². The van der Waals surface area contributed by atoms with Crippen LogP contribution < -0.4 is 10.1 Å². The Morgan fingerprint density at radius 3 is 3.06 bits per heavy atom. The second-order valence-electron chi connectivity index (χ2n) is 3.78. The van der Waals surface area contributed by atoms with Gasteiger partial charge in [0.1, 0.15) is 5.75 Å². The molecule has 1 N–H and O–H groups in total. The van der Waals surface area contributed by atoms with Gasteiger partial charge in [-0.1, -0.05) is 34.6 Å². The molecule has 0 fully saturated rings.